The SMILES string of the molecule is O=C(O)CCNC1CCN(CC(=O)O)CC1. The zero-order valence-corrected chi connectivity index (χ0v) is 9.19. The number of rotatable bonds is 6. The second-order valence-electron chi connectivity index (χ2n) is 4.04. The maximum atomic E-state index is 10.5. The lowest BCUT2D eigenvalue weighted by Gasteiger charge is -2.31. The van der Waals surface area contributed by atoms with Gasteiger partial charge in [-0.05, 0) is 12.8 Å². The van der Waals surface area contributed by atoms with Crippen LogP contribution in [0.3, 0.4) is 0 Å². The molecule has 1 fully saturated rings. The van der Waals surface area contributed by atoms with E-state index in [9.17, 15) is 9.59 Å². The summed E-state index contributed by atoms with van der Waals surface area (Å²) in [5.74, 6) is -1.59. The molecule has 1 saturated heterocycles. The molecule has 0 aliphatic carbocycles. The highest BCUT2D eigenvalue weighted by Crippen LogP contribution is 2.09. The Labute approximate surface area is 94.2 Å². The molecule has 1 rings (SSSR count). The highest BCUT2D eigenvalue weighted by molar-refractivity contribution is 5.69. The fourth-order valence-corrected chi connectivity index (χ4v) is 1.87. The van der Waals surface area contributed by atoms with Gasteiger partial charge in [0.1, 0.15) is 0 Å². The van der Waals surface area contributed by atoms with E-state index in [0.717, 1.165) is 25.9 Å². The van der Waals surface area contributed by atoms with Crippen LogP contribution in [0.4, 0.5) is 0 Å². The van der Waals surface area contributed by atoms with Gasteiger partial charge in [-0.1, -0.05) is 0 Å². The van der Waals surface area contributed by atoms with E-state index < -0.39 is 11.9 Å². The first kappa shape index (κ1) is 12.9. The van der Waals surface area contributed by atoms with Crippen molar-refractivity contribution in [2.75, 3.05) is 26.2 Å². The Balaban J connectivity index is 2.12. The van der Waals surface area contributed by atoms with Crippen LogP contribution in [0.1, 0.15) is 19.3 Å². The first-order valence-corrected chi connectivity index (χ1v) is 5.47. The van der Waals surface area contributed by atoms with Gasteiger partial charge in [0, 0.05) is 25.7 Å². The predicted molar refractivity (Wildman–Crippen MR) is 57.4 cm³/mol. The van der Waals surface area contributed by atoms with E-state index in [2.05, 4.69) is 5.32 Å². The Bertz CT molecular complexity index is 249. The minimum atomic E-state index is -0.796. The fraction of sp³-hybridized carbons (Fsp3) is 0.800. The van der Waals surface area contributed by atoms with Crippen molar-refractivity contribution in [3.63, 3.8) is 0 Å². The predicted octanol–water partition coefficient (Wildman–Crippen LogP) is -0.400. The summed E-state index contributed by atoms with van der Waals surface area (Å²) in [5.41, 5.74) is 0. The quantitative estimate of drug-likeness (QED) is 0.575. The molecule has 0 spiro atoms. The molecule has 0 bridgehead atoms. The van der Waals surface area contributed by atoms with Gasteiger partial charge in [-0.15, -0.1) is 0 Å². The van der Waals surface area contributed by atoms with E-state index in [4.69, 9.17) is 10.2 Å². The topological polar surface area (TPSA) is 89.9 Å². The molecule has 0 aromatic rings. The van der Waals surface area contributed by atoms with Gasteiger partial charge >= 0.3 is 11.9 Å². The number of hydrogen-bond acceptors (Lipinski definition) is 4. The molecular formula is C10H18N2O4. The summed E-state index contributed by atoms with van der Waals surface area (Å²) >= 11 is 0. The number of nitrogens with zero attached hydrogens (tertiary/aromatic N) is 1. The summed E-state index contributed by atoms with van der Waals surface area (Å²) in [7, 11) is 0. The molecule has 0 amide bonds. The number of nitrogens with one attached hydrogen (secondary N) is 1. The Kier molecular flexibility index (Phi) is 5.21. The number of aliphatic carboxylic acids is 2. The molecule has 1 aliphatic rings. The number of carboxylic acids is 2. The highest BCUT2D eigenvalue weighted by atomic mass is 16.4. The molecule has 0 radical (unpaired) electrons. The van der Waals surface area contributed by atoms with E-state index >= 15 is 0 Å². The first-order chi connectivity index (χ1) is 7.58. The van der Waals surface area contributed by atoms with E-state index in [1.165, 1.54) is 0 Å². The standard InChI is InChI=1S/C10H18N2O4/c13-9(14)1-4-11-8-2-5-12(6-3-8)7-10(15)16/h8,11H,1-7H2,(H,13,14)(H,15,16). The zero-order valence-electron chi connectivity index (χ0n) is 9.19. The second-order valence-corrected chi connectivity index (χ2v) is 4.04. The van der Waals surface area contributed by atoms with Gasteiger partial charge in [0.2, 0.25) is 0 Å². The molecule has 6 nitrogen and oxygen atoms in total. The van der Waals surface area contributed by atoms with Crippen molar-refractivity contribution in [1.29, 1.82) is 0 Å². The van der Waals surface area contributed by atoms with Gasteiger partial charge in [0.15, 0.2) is 0 Å². The third-order valence-corrected chi connectivity index (χ3v) is 2.72. The summed E-state index contributed by atoms with van der Waals surface area (Å²) in [4.78, 5) is 22.7. The number of likely N-dealkylation sites (tertiary alicyclic amines) is 1. The van der Waals surface area contributed by atoms with Crippen LogP contribution in [-0.2, 0) is 9.59 Å². The van der Waals surface area contributed by atoms with Crippen LogP contribution in [0, 0.1) is 0 Å². The molecule has 0 saturated carbocycles. The van der Waals surface area contributed by atoms with Crippen LogP contribution >= 0.6 is 0 Å². The number of piperidine rings is 1. The largest absolute Gasteiger partial charge is 0.481 e. The normalized spacial score (nSPS) is 18.5. The van der Waals surface area contributed by atoms with Gasteiger partial charge < -0.3 is 15.5 Å². The van der Waals surface area contributed by atoms with Gasteiger partial charge in [0.25, 0.3) is 0 Å². The monoisotopic (exact) mass is 230 g/mol. The fourth-order valence-electron chi connectivity index (χ4n) is 1.87. The number of hydrogen-bond donors (Lipinski definition) is 3. The Morgan fingerprint density at radius 1 is 1.19 bits per heavy atom. The Morgan fingerprint density at radius 3 is 2.31 bits per heavy atom. The van der Waals surface area contributed by atoms with Crippen molar-refractivity contribution in [3.05, 3.63) is 0 Å². The van der Waals surface area contributed by atoms with Crippen LogP contribution in [0.15, 0.2) is 0 Å². The van der Waals surface area contributed by atoms with Crippen LogP contribution in [-0.4, -0.2) is 59.3 Å². The summed E-state index contributed by atoms with van der Waals surface area (Å²) in [5, 5.41) is 20.3. The second kappa shape index (κ2) is 6.44. The first-order valence-electron chi connectivity index (χ1n) is 5.47. The Morgan fingerprint density at radius 2 is 1.81 bits per heavy atom. The lowest BCUT2D eigenvalue weighted by Crippen LogP contribution is -2.44. The summed E-state index contributed by atoms with van der Waals surface area (Å²) in [6, 6.07) is 0.324. The molecule has 0 unspecified atom stereocenters. The van der Waals surface area contributed by atoms with Gasteiger partial charge in [0.05, 0.1) is 13.0 Å². The molecule has 1 aliphatic heterocycles. The number of carboxylic acid groups (broad SMARTS) is 2. The Hall–Kier alpha value is -1.14. The molecule has 1 heterocycles. The molecule has 0 aromatic heterocycles. The summed E-state index contributed by atoms with van der Waals surface area (Å²) in [6.07, 6.45) is 1.90. The van der Waals surface area contributed by atoms with Crippen molar-refractivity contribution >= 4 is 11.9 Å². The van der Waals surface area contributed by atoms with Crippen molar-refractivity contribution in [2.45, 2.75) is 25.3 Å². The lowest BCUT2D eigenvalue weighted by molar-refractivity contribution is -0.139. The molecule has 0 aromatic carbocycles. The third-order valence-electron chi connectivity index (χ3n) is 2.72. The average Bonchev–Trinajstić information content (AvgIpc) is 2.19. The summed E-state index contributed by atoms with van der Waals surface area (Å²) < 4.78 is 0. The molecule has 3 N–H and O–H groups in total. The molecule has 16 heavy (non-hydrogen) atoms. The average molecular weight is 230 g/mol. The van der Waals surface area contributed by atoms with Gasteiger partial charge in [-0.2, -0.15) is 0 Å². The third kappa shape index (κ3) is 5.09. The maximum Gasteiger partial charge on any atom is 0.317 e. The van der Waals surface area contributed by atoms with Crippen molar-refractivity contribution in [2.24, 2.45) is 0 Å². The van der Waals surface area contributed by atoms with E-state index in [0.29, 0.717) is 12.6 Å². The minimum Gasteiger partial charge on any atom is -0.481 e. The van der Waals surface area contributed by atoms with Crippen LogP contribution in [0.25, 0.3) is 0 Å². The maximum absolute atomic E-state index is 10.5. The lowest BCUT2D eigenvalue weighted by atomic mass is 10.1. The van der Waals surface area contributed by atoms with Crippen molar-refractivity contribution in [1.82, 2.24) is 10.2 Å². The van der Waals surface area contributed by atoms with Gasteiger partial charge in [-0.3, -0.25) is 14.5 Å². The van der Waals surface area contributed by atoms with Crippen molar-refractivity contribution < 1.29 is 19.8 Å². The number of carbonyl (C=O) groups is 2. The molecular weight excluding hydrogens is 212 g/mol. The van der Waals surface area contributed by atoms with Crippen LogP contribution in [0.2, 0.25) is 0 Å². The molecule has 92 valence electrons. The van der Waals surface area contributed by atoms with Crippen molar-refractivity contribution in [3.8, 4) is 0 Å². The van der Waals surface area contributed by atoms with E-state index in [-0.39, 0.29) is 13.0 Å². The van der Waals surface area contributed by atoms with E-state index in [1.807, 2.05) is 4.90 Å². The highest BCUT2D eigenvalue weighted by Gasteiger charge is 2.19. The zero-order chi connectivity index (χ0) is 12.0. The molecule has 0 atom stereocenters. The van der Waals surface area contributed by atoms with E-state index in [1.54, 1.807) is 0 Å². The van der Waals surface area contributed by atoms with Gasteiger partial charge in [-0.25, -0.2) is 0 Å². The van der Waals surface area contributed by atoms with Crippen LogP contribution in [0.5, 0.6) is 0 Å². The summed E-state index contributed by atoms with van der Waals surface area (Å²) in [6.45, 7) is 2.11. The smallest absolute Gasteiger partial charge is 0.317 e. The molecule has 6 heteroatoms. The minimum absolute atomic E-state index is 0.0991. The van der Waals surface area contributed by atoms with Crippen LogP contribution < -0.4 is 5.32 Å².